The molecule has 2 heterocycles. The Balaban J connectivity index is 1.58. The van der Waals surface area contributed by atoms with Crippen molar-refractivity contribution < 1.29 is 14.0 Å². The maximum Gasteiger partial charge on any atom is 0.271 e. The quantitative estimate of drug-likeness (QED) is 0.255. The second-order valence-corrected chi connectivity index (χ2v) is 9.64. The molecular formula is C29H24BrFN4O2. The number of aromatic nitrogens is 2. The normalized spacial score (nSPS) is 15.4. The van der Waals surface area contributed by atoms with Gasteiger partial charge < -0.3 is 14.8 Å². The van der Waals surface area contributed by atoms with Crippen molar-refractivity contribution in [3.05, 3.63) is 130 Å². The van der Waals surface area contributed by atoms with Crippen molar-refractivity contribution in [2.75, 3.05) is 11.9 Å². The van der Waals surface area contributed by atoms with E-state index in [9.17, 15) is 14.0 Å². The van der Waals surface area contributed by atoms with Crippen molar-refractivity contribution in [1.82, 2.24) is 14.5 Å². The lowest BCUT2D eigenvalue weighted by atomic mass is 9.92. The fourth-order valence-corrected chi connectivity index (χ4v) is 4.78. The highest BCUT2D eigenvalue weighted by Crippen LogP contribution is 2.40. The molecule has 1 aliphatic heterocycles. The SMILES string of the molecule is O=C(C1=C(Nc2ccc(F)cc2)C(=O)N(CCCn2ccnc2)C1c1ccc(Br)cc1)c1ccccc1. The van der Waals surface area contributed by atoms with E-state index in [0.29, 0.717) is 36.3 Å². The number of nitrogens with one attached hydrogen (secondary N) is 1. The average Bonchev–Trinajstić information content (AvgIpc) is 3.53. The molecule has 0 saturated carbocycles. The fourth-order valence-electron chi connectivity index (χ4n) is 4.51. The largest absolute Gasteiger partial charge is 0.351 e. The third kappa shape index (κ3) is 5.39. The Morgan fingerprint density at radius 3 is 2.38 bits per heavy atom. The number of nitrogens with zero attached hydrogens (tertiary/aromatic N) is 3. The van der Waals surface area contributed by atoms with Crippen molar-refractivity contribution in [3.8, 4) is 0 Å². The zero-order chi connectivity index (χ0) is 25.8. The van der Waals surface area contributed by atoms with Crippen molar-refractivity contribution in [2.45, 2.75) is 19.0 Å². The lowest BCUT2D eigenvalue weighted by Gasteiger charge is -2.27. The Morgan fingerprint density at radius 1 is 0.973 bits per heavy atom. The molecule has 186 valence electrons. The van der Waals surface area contributed by atoms with Crippen molar-refractivity contribution in [3.63, 3.8) is 0 Å². The van der Waals surface area contributed by atoms with Crippen molar-refractivity contribution in [2.24, 2.45) is 0 Å². The molecule has 6 nitrogen and oxygen atoms in total. The minimum Gasteiger partial charge on any atom is -0.351 e. The number of hydrogen-bond acceptors (Lipinski definition) is 4. The monoisotopic (exact) mass is 558 g/mol. The van der Waals surface area contributed by atoms with Crippen LogP contribution in [0.3, 0.4) is 0 Å². The number of carbonyl (C=O) groups excluding carboxylic acids is 2. The van der Waals surface area contributed by atoms with E-state index < -0.39 is 6.04 Å². The number of aryl methyl sites for hydroxylation is 1. The van der Waals surface area contributed by atoms with Crippen LogP contribution in [0.1, 0.15) is 28.4 Å². The lowest BCUT2D eigenvalue weighted by molar-refractivity contribution is -0.127. The lowest BCUT2D eigenvalue weighted by Crippen LogP contribution is -2.33. The minimum absolute atomic E-state index is 0.205. The number of anilines is 1. The van der Waals surface area contributed by atoms with E-state index in [1.54, 1.807) is 53.8 Å². The molecule has 1 aliphatic rings. The molecular weight excluding hydrogens is 535 g/mol. The Labute approximate surface area is 222 Å². The van der Waals surface area contributed by atoms with Gasteiger partial charge in [0.1, 0.15) is 11.5 Å². The van der Waals surface area contributed by atoms with Gasteiger partial charge in [0.2, 0.25) is 0 Å². The van der Waals surface area contributed by atoms with Gasteiger partial charge in [0.25, 0.3) is 5.91 Å². The van der Waals surface area contributed by atoms with Crippen LogP contribution in [0, 0.1) is 5.82 Å². The van der Waals surface area contributed by atoms with E-state index in [0.717, 1.165) is 10.0 Å². The van der Waals surface area contributed by atoms with Crippen molar-refractivity contribution >= 4 is 33.3 Å². The number of halogens is 2. The molecule has 1 N–H and O–H groups in total. The molecule has 5 rings (SSSR count). The van der Waals surface area contributed by atoms with Crippen LogP contribution in [0.25, 0.3) is 0 Å². The van der Waals surface area contributed by atoms with Crippen LogP contribution < -0.4 is 5.32 Å². The van der Waals surface area contributed by atoms with Crippen LogP contribution in [0.2, 0.25) is 0 Å². The zero-order valence-corrected chi connectivity index (χ0v) is 21.4. The molecule has 1 atom stereocenters. The topological polar surface area (TPSA) is 67.2 Å². The van der Waals surface area contributed by atoms with Gasteiger partial charge in [-0.1, -0.05) is 58.4 Å². The molecule has 1 aromatic heterocycles. The molecule has 0 radical (unpaired) electrons. The third-order valence-electron chi connectivity index (χ3n) is 6.28. The van der Waals surface area contributed by atoms with E-state index in [1.165, 1.54) is 12.1 Å². The molecule has 4 aromatic rings. The van der Waals surface area contributed by atoms with Gasteiger partial charge >= 0.3 is 0 Å². The van der Waals surface area contributed by atoms with E-state index in [1.807, 2.05) is 41.1 Å². The number of rotatable bonds is 9. The second kappa shape index (κ2) is 10.9. The van der Waals surface area contributed by atoms with Crippen LogP contribution in [0.15, 0.2) is 113 Å². The highest BCUT2D eigenvalue weighted by molar-refractivity contribution is 9.10. The molecule has 0 saturated heterocycles. The zero-order valence-electron chi connectivity index (χ0n) is 19.9. The van der Waals surface area contributed by atoms with Gasteiger partial charge in [0.05, 0.1) is 17.9 Å². The number of amides is 1. The third-order valence-corrected chi connectivity index (χ3v) is 6.81. The van der Waals surface area contributed by atoms with Crippen LogP contribution in [0.5, 0.6) is 0 Å². The van der Waals surface area contributed by atoms with Crippen LogP contribution in [-0.2, 0) is 11.3 Å². The van der Waals surface area contributed by atoms with Gasteiger partial charge in [-0.3, -0.25) is 9.59 Å². The summed E-state index contributed by atoms with van der Waals surface area (Å²) in [4.78, 5) is 33.7. The van der Waals surface area contributed by atoms with Crippen LogP contribution >= 0.6 is 15.9 Å². The predicted molar refractivity (Wildman–Crippen MR) is 143 cm³/mol. The first kappa shape index (κ1) is 24.6. The van der Waals surface area contributed by atoms with Gasteiger partial charge in [0.15, 0.2) is 5.78 Å². The Hall–Kier alpha value is -4.04. The van der Waals surface area contributed by atoms with Gasteiger partial charge in [-0.05, 0) is 48.4 Å². The number of hydrogen-bond donors (Lipinski definition) is 1. The van der Waals surface area contributed by atoms with Crippen LogP contribution in [0.4, 0.5) is 10.1 Å². The van der Waals surface area contributed by atoms with Crippen molar-refractivity contribution in [1.29, 1.82) is 0 Å². The molecule has 1 amide bonds. The molecule has 37 heavy (non-hydrogen) atoms. The van der Waals surface area contributed by atoms with Gasteiger partial charge in [-0.2, -0.15) is 0 Å². The molecule has 0 aliphatic carbocycles. The molecule has 3 aromatic carbocycles. The number of carbonyl (C=O) groups is 2. The summed E-state index contributed by atoms with van der Waals surface area (Å²) in [5, 5.41) is 3.14. The smallest absolute Gasteiger partial charge is 0.271 e. The first-order valence-corrected chi connectivity index (χ1v) is 12.7. The molecule has 0 fully saturated rings. The Kier molecular flexibility index (Phi) is 7.28. The molecule has 1 unspecified atom stereocenters. The summed E-state index contributed by atoms with van der Waals surface area (Å²) in [6.07, 6.45) is 6.00. The van der Waals surface area contributed by atoms with Gasteiger partial charge in [-0.15, -0.1) is 0 Å². The average molecular weight is 559 g/mol. The summed E-state index contributed by atoms with van der Waals surface area (Å²) < 4.78 is 16.4. The van der Waals surface area contributed by atoms with Crippen LogP contribution in [-0.4, -0.2) is 32.7 Å². The minimum atomic E-state index is -0.584. The summed E-state index contributed by atoms with van der Waals surface area (Å²) in [5.74, 6) is -0.891. The predicted octanol–water partition coefficient (Wildman–Crippen LogP) is 6.01. The summed E-state index contributed by atoms with van der Waals surface area (Å²) in [5.41, 5.74) is 2.42. The van der Waals surface area contributed by atoms with E-state index in [-0.39, 0.29) is 23.2 Å². The number of benzene rings is 3. The number of ketones is 1. The van der Waals surface area contributed by atoms with E-state index in [4.69, 9.17) is 0 Å². The summed E-state index contributed by atoms with van der Waals surface area (Å²) >= 11 is 3.48. The summed E-state index contributed by atoms with van der Waals surface area (Å²) in [6.45, 7) is 1.11. The first-order valence-electron chi connectivity index (χ1n) is 11.9. The number of Topliss-reactive ketones (excluding diaryl/α,β-unsaturated/α-hetero) is 1. The standard InChI is InChI=1S/C29H24BrFN4O2/c30-22-9-7-20(8-10-22)27-25(28(36)21-5-2-1-3-6-21)26(33-24-13-11-23(31)12-14-24)29(37)35(27)17-4-16-34-18-15-32-19-34/h1-3,5-15,18-19,27,33H,4,16-17H2. The second-order valence-electron chi connectivity index (χ2n) is 8.72. The Bertz CT molecular complexity index is 1420. The van der Waals surface area contributed by atoms with E-state index in [2.05, 4.69) is 26.2 Å². The maximum absolute atomic E-state index is 13.9. The summed E-state index contributed by atoms with van der Waals surface area (Å²) in [6, 6.07) is 21.7. The molecule has 0 spiro atoms. The maximum atomic E-state index is 13.9. The Morgan fingerprint density at radius 2 is 1.70 bits per heavy atom. The number of imidazole rings is 1. The first-order chi connectivity index (χ1) is 18.0. The molecule has 8 heteroatoms. The highest BCUT2D eigenvalue weighted by Gasteiger charge is 2.43. The fraction of sp³-hybridized carbons (Fsp3) is 0.138. The van der Waals surface area contributed by atoms with Gasteiger partial charge in [0, 0.05) is 41.2 Å². The van der Waals surface area contributed by atoms with Gasteiger partial charge in [-0.25, -0.2) is 9.37 Å². The molecule has 0 bridgehead atoms. The highest BCUT2D eigenvalue weighted by atomic mass is 79.9. The summed E-state index contributed by atoms with van der Waals surface area (Å²) in [7, 11) is 0. The van der Waals surface area contributed by atoms with E-state index >= 15 is 0 Å².